The van der Waals surface area contributed by atoms with Crippen LogP contribution in [-0.4, -0.2) is 76.4 Å². The van der Waals surface area contributed by atoms with Gasteiger partial charge in [-0.15, -0.1) is 0 Å². The first-order valence-corrected chi connectivity index (χ1v) is 11.1. The second-order valence-electron chi connectivity index (χ2n) is 8.32. The minimum atomic E-state index is -0.445. The number of hydrogen-bond acceptors (Lipinski definition) is 5. The molecule has 1 aromatic heterocycles. The fourth-order valence-electron chi connectivity index (χ4n) is 4.20. The van der Waals surface area contributed by atoms with Crippen molar-refractivity contribution < 1.29 is 9.18 Å². The fourth-order valence-corrected chi connectivity index (χ4v) is 4.43. The normalized spacial score (nSPS) is 19.9. The minimum Gasteiger partial charge on any atom is -0.354 e. The highest BCUT2D eigenvalue weighted by Gasteiger charge is 2.31. The van der Waals surface area contributed by atoms with E-state index in [1.54, 1.807) is 10.6 Å². The van der Waals surface area contributed by atoms with E-state index in [0.717, 1.165) is 39.1 Å². The van der Waals surface area contributed by atoms with Crippen molar-refractivity contribution in [2.24, 2.45) is 0 Å². The van der Waals surface area contributed by atoms with Crippen molar-refractivity contribution in [1.82, 2.24) is 29.5 Å². The number of amides is 1. The Labute approximate surface area is 185 Å². The van der Waals surface area contributed by atoms with E-state index in [1.807, 2.05) is 0 Å². The maximum atomic E-state index is 13.3. The molecule has 1 saturated heterocycles. The first-order valence-electron chi connectivity index (χ1n) is 10.7. The molecular formula is C21H28ClFN6O2. The predicted molar refractivity (Wildman–Crippen MR) is 116 cm³/mol. The summed E-state index contributed by atoms with van der Waals surface area (Å²) >= 11 is 6.11. The molecule has 31 heavy (non-hydrogen) atoms. The van der Waals surface area contributed by atoms with E-state index in [0.29, 0.717) is 30.9 Å². The van der Waals surface area contributed by atoms with Gasteiger partial charge in [0.05, 0.1) is 12.5 Å². The molecule has 1 aromatic carbocycles. The van der Waals surface area contributed by atoms with Crippen LogP contribution in [0.15, 0.2) is 23.0 Å². The number of rotatable bonds is 6. The standard InChI is InChI=1S/C21H28ClFN6O2/c1-26-9-11-27(12-10-26)8-6-24-20(30)17-3-2-7-28-19(17)25-29(21(28)31)14-15-4-5-16(23)13-18(15)22/h4-5,13,17H,2-3,6-12,14H2,1H3,(H,24,30). The Morgan fingerprint density at radius 3 is 2.77 bits per heavy atom. The van der Waals surface area contributed by atoms with E-state index in [2.05, 4.69) is 27.3 Å². The van der Waals surface area contributed by atoms with Gasteiger partial charge in [-0.3, -0.25) is 14.3 Å². The average Bonchev–Trinajstić information content (AvgIpc) is 3.07. The molecule has 0 bridgehead atoms. The zero-order chi connectivity index (χ0) is 22.0. The number of nitrogens with zero attached hydrogens (tertiary/aromatic N) is 5. The number of aromatic nitrogens is 3. The average molecular weight is 451 g/mol. The van der Waals surface area contributed by atoms with Crippen molar-refractivity contribution in [2.75, 3.05) is 46.3 Å². The van der Waals surface area contributed by atoms with Gasteiger partial charge in [0.15, 0.2) is 0 Å². The summed E-state index contributed by atoms with van der Waals surface area (Å²) in [7, 11) is 2.12. The van der Waals surface area contributed by atoms with Crippen molar-refractivity contribution in [3.63, 3.8) is 0 Å². The third-order valence-corrected chi connectivity index (χ3v) is 6.46. The molecule has 8 nitrogen and oxygen atoms in total. The zero-order valence-corrected chi connectivity index (χ0v) is 18.4. The summed E-state index contributed by atoms with van der Waals surface area (Å²) in [5.74, 6) is -0.476. The number of nitrogens with one attached hydrogen (secondary N) is 1. The van der Waals surface area contributed by atoms with Gasteiger partial charge in [-0.2, -0.15) is 5.10 Å². The van der Waals surface area contributed by atoms with Gasteiger partial charge >= 0.3 is 5.69 Å². The highest BCUT2D eigenvalue weighted by atomic mass is 35.5. The number of piperazine rings is 1. The second-order valence-corrected chi connectivity index (χ2v) is 8.72. The van der Waals surface area contributed by atoms with Gasteiger partial charge in [0.25, 0.3) is 0 Å². The van der Waals surface area contributed by atoms with Crippen LogP contribution in [0.5, 0.6) is 0 Å². The Balaban J connectivity index is 1.42. The number of benzene rings is 1. The fraction of sp³-hybridized carbons (Fsp3) is 0.571. The summed E-state index contributed by atoms with van der Waals surface area (Å²) < 4.78 is 16.2. The first-order chi connectivity index (χ1) is 14.9. The van der Waals surface area contributed by atoms with Gasteiger partial charge in [-0.1, -0.05) is 17.7 Å². The summed E-state index contributed by atoms with van der Waals surface area (Å²) in [5, 5.41) is 7.73. The summed E-state index contributed by atoms with van der Waals surface area (Å²) in [4.78, 5) is 30.3. The van der Waals surface area contributed by atoms with Crippen molar-refractivity contribution in [1.29, 1.82) is 0 Å². The van der Waals surface area contributed by atoms with Crippen molar-refractivity contribution in [3.8, 4) is 0 Å². The molecule has 1 unspecified atom stereocenters. The Morgan fingerprint density at radius 2 is 2.03 bits per heavy atom. The van der Waals surface area contributed by atoms with Crippen LogP contribution in [0.4, 0.5) is 4.39 Å². The molecule has 10 heteroatoms. The van der Waals surface area contributed by atoms with Crippen LogP contribution < -0.4 is 11.0 Å². The van der Waals surface area contributed by atoms with Gasteiger partial charge in [-0.25, -0.2) is 13.9 Å². The van der Waals surface area contributed by atoms with Crippen LogP contribution in [0, 0.1) is 5.82 Å². The molecule has 2 aliphatic rings. The Hall–Kier alpha value is -2.23. The largest absolute Gasteiger partial charge is 0.354 e. The van der Waals surface area contributed by atoms with E-state index in [9.17, 15) is 14.0 Å². The molecule has 1 amide bonds. The third kappa shape index (κ3) is 4.99. The van der Waals surface area contributed by atoms with Gasteiger partial charge in [0, 0.05) is 50.8 Å². The smallest absolute Gasteiger partial charge is 0.346 e. The van der Waals surface area contributed by atoms with E-state index in [1.165, 1.54) is 16.8 Å². The molecule has 2 aromatic rings. The van der Waals surface area contributed by atoms with Crippen LogP contribution in [0.1, 0.15) is 30.1 Å². The summed E-state index contributed by atoms with van der Waals surface area (Å²) in [5.41, 5.74) is 0.333. The molecular weight excluding hydrogens is 423 g/mol. The van der Waals surface area contributed by atoms with Crippen molar-refractivity contribution in [2.45, 2.75) is 31.8 Å². The second kappa shape index (κ2) is 9.50. The molecule has 2 aliphatic heterocycles. The number of halogens is 2. The number of carbonyl (C=O) groups excluding carboxylic acids is 1. The van der Waals surface area contributed by atoms with Crippen molar-refractivity contribution in [3.05, 3.63) is 50.9 Å². The van der Waals surface area contributed by atoms with Gasteiger partial charge in [0.1, 0.15) is 11.6 Å². The van der Waals surface area contributed by atoms with Crippen LogP contribution in [0.3, 0.4) is 0 Å². The SMILES string of the molecule is CN1CCN(CCNC(=O)C2CCCn3c2nn(Cc2ccc(F)cc2Cl)c3=O)CC1. The van der Waals surface area contributed by atoms with Gasteiger partial charge < -0.3 is 10.2 Å². The molecule has 1 fully saturated rings. The summed E-state index contributed by atoms with van der Waals surface area (Å²) in [6, 6.07) is 4.07. The first kappa shape index (κ1) is 22.0. The predicted octanol–water partition coefficient (Wildman–Crippen LogP) is 1.13. The maximum absolute atomic E-state index is 13.3. The van der Waals surface area contributed by atoms with Gasteiger partial charge in [0.2, 0.25) is 5.91 Å². The Bertz CT molecular complexity index is 998. The highest BCUT2D eigenvalue weighted by Crippen LogP contribution is 2.25. The van der Waals surface area contributed by atoms with E-state index in [-0.39, 0.29) is 23.2 Å². The molecule has 1 N–H and O–H groups in total. The summed E-state index contributed by atoms with van der Waals surface area (Å²) in [6.45, 7) is 6.16. The maximum Gasteiger partial charge on any atom is 0.346 e. The lowest BCUT2D eigenvalue weighted by Crippen LogP contribution is -2.47. The lowest BCUT2D eigenvalue weighted by molar-refractivity contribution is -0.123. The Morgan fingerprint density at radius 1 is 1.26 bits per heavy atom. The highest BCUT2D eigenvalue weighted by molar-refractivity contribution is 6.31. The molecule has 0 spiro atoms. The number of carbonyl (C=O) groups is 1. The summed E-state index contributed by atoms with van der Waals surface area (Å²) in [6.07, 6.45) is 1.40. The number of likely N-dealkylation sites (N-methyl/N-ethyl adjacent to an activating group) is 1. The van der Waals surface area contributed by atoms with E-state index in [4.69, 9.17) is 11.6 Å². The number of hydrogen-bond donors (Lipinski definition) is 1. The van der Waals surface area contributed by atoms with Crippen molar-refractivity contribution >= 4 is 17.5 Å². The van der Waals surface area contributed by atoms with Gasteiger partial charge in [-0.05, 0) is 37.6 Å². The zero-order valence-electron chi connectivity index (χ0n) is 17.7. The molecule has 1 atom stereocenters. The molecule has 168 valence electrons. The lowest BCUT2D eigenvalue weighted by Gasteiger charge is -2.32. The van der Waals surface area contributed by atoms with Crippen LogP contribution in [0.25, 0.3) is 0 Å². The number of fused-ring (bicyclic) bond motifs is 1. The van der Waals surface area contributed by atoms with E-state index < -0.39 is 11.7 Å². The lowest BCUT2D eigenvalue weighted by atomic mass is 9.98. The van der Waals surface area contributed by atoms with Crippen LogP contribution in [-0.2, 0) is 17.9 Å². The molecule has 3 heterocycles. The molecule has 0 radical (unpaired) electrons. The van der Waals surface area contributed by atoms with E-state index >= 15 is 0 Å². The topological polar surface area (TPSA) is 75.4 Å². The quantitative estimate of drug-likeness (QED) is 0.714. The molecule has 0 saturated carbocycles. The molecule has 0 aliphatic carbocycles. The third-order valence-electron chi connectivity index (χ3n) is 6.11. The Kier molecular flexibility index (Phi) is 6.74. The minimum absolute atomic E-state index is 0.0907. The monoisotopic (exact) mass is 450 g/mol. The van der Waals surface area contributed by atoms with Crippen LogP contribution >= 0.6 is 11.6 Å². The van der Waals surface area contributed by atoms with Crippen LogP contribution in [0.2, 0.25) is 5.02 Å². The molecule has 4 rings (SSSR count).